The number of carbonyl (C=O) groups is 1. The van der Waals surface area contributed by atoms with E-state index in [0.29, 0.717) is 28.4 Å². The highest BCUT2D eigenvalue weighted by atomic mass is 32.2. The number of nitrogens with two attached hydrogens (primary N) is 1. The van der Waals surface area contributed by atoms with Crippen LogP contribution in [-0.2, 0) is 11.3 Å². The number of aromatic nitrogens is 5. The van der Waals surface area contributed by atoms with Crippen LogP contribution >= 0.6 is 11.8 Å². The number of carbonyl (C=O) groups excluding carboxylic acids is 1. The lowest BCUT2D eigenvalue weighted by Crippen LogP contribution is -2.25. The first-order valence-corrected chi connectivity index (χ1v) is 10.3. The number of ether oxygens (including phenoxy) is 3. The van der Waals surface area contributed by atoms with Crippen LogP contribution in [0.25, 0.3) is 5.95 Å². The number of aryl methyl sites for hydroxylation is 2. The van der Waals surface area contributed by atoms with Crippen molar-refractivity contribution in [2.24, 2.45) is 0 Å². The predicted molar refractivity (Wildman–Crippen MR) is 115 cm³/mol. The molecule has 0 atom stereocenters. The number of benzene rings is 1. The predicted octanol–water partition coefficient (Wildman–Crippen LogP) is 1.23. The maximum Gasteiger partial charge on any atom is 0.271 e. The fourth-order valence-electron chi connectivity index (χ4n) is 2.95. The molecule has 1 amide bonds. The van der Waals surface area contributed by atoms with E-state index in [1.54, 1.807) is 38.1 Å². The summed E-state index contributed by atoms with van der Waals surface area (Å²) in [6.45, 7) is 4.04. The molecule has 0 aliphatic heterocycles. The molecule has 0 fully saturated rings. The second kappa shape index (κ2) is 9.60. The topological polar surface area (TPSA) is 131 Å². The monoisotopic (exact) mass is 447 g/mol. The molecule has 0 saturated heterocycles. The average Bonchev–Trinajstić information content (AvgIpc) is 3.30. The lowest BCUT2D eigenvalue weighted by atomic mass is 10.1. The first-order valence-electron chi connectivity index (χ1n) is 9.30. The van der Waals surface area contributed by atoms with E-state index in [-0.39, 0.29) is 18.2 Å². The van der Waals surface area contributed by atoms with Crippen LogP contribution in [0.1, 0.15) is 17.0 Å². The third-order valence-electron chi connectivity index (χ3n) is 4.44. The minimum atomic E-state index is -0.197. The number of methoxy groups -OCH3 is 3. The smallest absolute Gasteiger partial charge is 0.271 e. The van der Waals surface area contributed by atoms with Crippen molar-refractivity contribution in [1.29, 1.82) is 0 Å². The minimum absolute atomic E-state index is 0.113. The highest BCUT2D eigenvalue weighted by Crippen LogP contribution is 2.34. The maximum absolute atomic E-state index is 12.4. The van der Waals surface area contributed by atoms with Crippen LogP contribution < -0.4 is 25.4 Å². The Morgan fingerprint density at radius 3 is 2.35 bits per heavy atom. The number of hydrogen-bond acceptors (Lipinski definition) is 9. The number of amides is 1. The quantitative estimate of drug-likeness (QED) is 0.367. The van der Waals surface area contributed by atoms with Crippen molar-refractivity contribution < 1.29 is 19.0 Å². The van der Waals surface area contributed by atoms with Gasteiger partial charge in [0.15, 0.2) is 11.5 Å². The van der Waals surface area contributed by atoms with Gasteiger partial charge in [0.05, 0.1) is 32.8 Å². The standard InChI is InChI=1S/C19H25N7O4S/c1-11-6-12(2)26(24-11)18-22-23-19(25(18)20)31-10-17(27)21-9-13-7-15(29-4)16(30-5)8-14(13)28-3/h6-8H,9-10,20H2,1-5H3,(H,21,27). The van der Waals surface area contributed by atoms with Crippen molar-refractivity contribution in [3.63, 3.8) is 0 Å². The van der Waals surface area contributed by atoms with Crippen molar-refractivity contribution in [1.82, 2.24) is 30.0 Å². The summed E-state index contributed by atoms with van der Waals surface area (Å²) < 4.78 is 18.9. The number of thioether (sulfide) groups is 1. The summed E-state index contributed by atoms with van der Waals surface area (Å²) in [6.07, 6.45) is 0. The van der Waals surface area contributed by atoms with Crippen molar-refractivity contribution in [2.45, 2.75) is 25.5 Å². The summed E-state index contributed by atoms with van der Waals surface area (Å²) in [6, 6.07) is 5.39. The number of nitrogens with one attached hydrogen (secondary N) is 1. The highest BCUT2D eigenvalue weighted by Gasteiger charge is 2.17. The van der Waals surface area contributed by atoms with E-state index in [2.05, 4.69) is 20.6 Å². The molecule has 0 spiro atoms. The average molecular weight is 448 g/mol. The van der Waals surface area contributed by atoms with Crippen LogP contribution in [0.2, 0.25) is 0 Å². The Bertz CT molecular complexity index is 1080. The summed E-state index contributed by atoms with van der Waals surface area (Å²) in [5.41, 5.74) is 2.49. The number of nitrogen functional groups attached to an aromatic ring is 1. The van der Waals surface area contributed by atoms with Gasteiger partial charge in [-0.15, -0.1) is 10.2 Å². The lowest BCUT2D eigenvalue weighted by molar-refractivity contribution is -0.118. The molecule has 166 valence electrons. The Morgan fingerprint density at radius 2 is 1.74 bits per heavy atom. The zero-order valence-electron chi connectivity index (χ0n) is 18.0. The zero-order valence-corrected chi connectivity index (χ0v) is 18.8. The molecule has 2 heterocycles. The third-order valence-corrected chi connectivity index (χ3v) is 5.38. The summed E-state index contributed by atoms with van der Waals surface area (Å²) in [7, 11) is 4.65. The van der Waals surface area contributed by atoms with Crippen LogP contribution in [0.5, 0.6) is 17.2 Å². The third kappa shape index (κ3) is 4.85. The van der Waals surface area contributed by atoms with Gasteiger partial charge in [0.1, 0.15) is 5.75 Å². The van der Waals surface area contributed by atoms with Crippen molar-refractivity contribution in [2.75, 3.05) is 32.9 Å². The summed E-state index contributed by atoms with van der Waals surface area (Å²) in [5.74, 6) is 8.08. The number of rotatable bonds is 9. The maximum atomic E-state index is 12.4. The number of hydrogen-bond donors (Lipinski definition) is 2. The van der Waals surface area contributed by atoms with Gasteiger partial charge < -0.3 is 25.4 Å². The van der Waals surface area contributed by atoms with Gasteiger partial charge in [-0.2, -0.15) is 5.10 Å². The second-order valence-corrected chi connectivity index (χ2v) is 7.52. The molecule has 0 radical (unpaired) electrons. The van der Waals surface area contributed by atoms with Crippen LogP contribution in [0.15, 0.2) is 23.4 Å². The molecule has 0 unspecified atom stereocenters. The van der Waals surface area contributed by atoms with Crippen molar-refractivity contribution in [3.8, 4) is 23.2 Å². The Labute approximate surface area is 183 Å². The molecule has 0 aliphatic rings. The van der Waals surface area contributed by atoms with E-state index in [4.69, 9.17) is 20.1 Å². The fraction of sp³-hybridized carbons (Fsp3) is 0.368. The fourth-order valence-corrected chi connectivity index (χ4v) is 3.63. The van der Waals surface area contributed by atoms with E-state index < -0.39 is 0 Å². The molecule has 3 aromatic rings. The van der Waals surface area contributed by atoms with Gasteiger partial charge in [-0.25, -0.2) is 9.36 Å². The molecule has 2 aromatic heterocycles. The van der Waals surface area contributed by atoms with E-state index >= 15 is 0 Å². The van der Waals surface area contributed by atoms with E-state index in [1.807, 2.05) is 19.9 Å². The number of nitrogens with zero attached hydrogens (tertiary/aromatic N) is 5. The molecule has 0 bridgehead atoms. The van der Waals surface area contributed by atoms with E-state index in [0.717, 1.165) is 17.0 Å². The van der Waals surface area contributed by atoms with Gasteiger partial charge >= 0.3 is 0 Å². The van der Waals surface area contributed by atoms with Gasteiger partial charge in [-0.1, -0.05) is 11.8 Å². The molecule has 0 aliphatic carbocycles. The molecule has 3 N–H and O–H groups in total. The van der Waals surface area contributed by atoms with Gasteiger partial charge in [0.25, 0.3) is 5.95 Å². The first-order chi connectivity index (χ1) is 14.9. The summed E-state index contributed by atoms with van der Waals surface area (Å²) in [4.78, 5) is 12.4. The molecular weight excluding hydrogens is 422 g/mol. The Hall–Kier alpha value is -3.41. The molecule has 0 saturated carbocycles. The summed E-state index contributed by atoms with van der Waals surface area (Å²) >= 11 is 1.18. The normalized spacial score (nSPS) is 10.7. The highest BCUT2D eigenvalue weighted by molar-refractivity contribution is 7.99. The molecule has 11 nitrogen and oxygen atoms in total. The summed E-state index contributed by atoms with van der Waals surface area (Å²) in [5, 5.41) is 15.7. The molecule has 12 heteroatoms. The van der Waals surface area contributed by atoms with Crippen LogP contribution in [0.4, 0.5) is 0 Å². The van der Waals surface area contributed by atoms with Crippen LogP contribution in [0, 0.1) is 13.8 Å². The molecular formula is C19H25N7O4S. The van der Waals surface area contributed by atoms with Crippen LogP contribution in [-0.4, -0.2) is 57.6 Å². The van der Waals surface area contributed by atoms with Crippen LogP contribution in [0.3, 0.4) is 0 Å². The molecule has 1 aromatic carbocycles. The Morgan fingerprint density at radius 1 is 1.06 bits per heavy atom. The van der Waals surface area contributed by atoms with Gasteiger partial charge in [-0.3, -0.25) is 4.79 Å². The SMILES string of the molecule is COc1cc(OC)c(OC)cc1CNC(=O)CSc1nnc(-n2nc(C)cc2C)n1N. The Balaban J connectivity index is 1.62. The lowest BCUT2D eigenvalue weighted by Gasteiger charge is -2.14. The molecule has 31 heavy (non-hydrogen) atoms. The van der Waals surface area contributed by atoms with Crippen molar-refractivity contribution >= 4 is 17.7 Å². The molecule has 3 rings (SSSR count). The van der Waals surface area contributed by atoms with Gasteiger partial charge in [-0.05, 0) is 26.0 Å². The van der Waals surface area contributed by atoms with E-state index in [1.165, 1.54) is 16.4 Å². The van der Waals surface area contributed by atoms with E-state index in [9.17, 15) is 4.79 Å². The zero-order chi connectivity index (χ0) is 22.5. The Kier molecular flexibility index (Phi) is 6.90. The van der Waals surface area contributed by atoms with Gasteiger partial charge in [0, 0.05) is 23.9 Å². The largest absolute Gasteiger partial charge is 0.496 e. The minimum Gasteiger partial charge on any atom is -0.496 e. The second-order valence-electron chi connectivity index (χ2n) is 6.58. The van der Waals surface area contributed by atoms with Crippen molar-refractivity contribution in [3.05, 3.63) is 35.2 Å². The first kappa shape index (κ1) is 22.3. The van der Waals surface area contributed by atoms with Gasteiger partial charge in [0.2, 0.25) is 11.1 Å².